The number of rotatable bonds is 11. The van der Waals surface area contributed by atoms with Crippen LogP contribution in [0.1, 0.15) is 33.7 Å². The van der Waals surface area contributed by atoms with E-state index in [4.69, 9.17) is 14.2 Å². The number of nitrogens with one attached hydrogen (secondary N) is 5. The Balaban J connectivity index is 1.30. The lowest BCUT2D eigenvalue weighted by molar-refractivity contribution is -0.117. The molecule has 1 saturated carbocycles. The van der Waals surface area contributed by atoms with Crippen molar-refractivity contribution in [2.24, 2.45) is 5.92 Å². The molecule has 5 rings (SSSR count). The van der Waals surface area contributed by atoms with Crippen molar-refractivity contribution in [3.05, 3.63) is 59.8 Å². The van der Waals surface area contributed by atoms with Crippen molar-refractivity contribution in [3.63, 3.8) is 0 Å². The van der Waals surface area contributed by atoms with E-state index in [-0.39, 0.29) is 52.3 Å². The topological polar surface area (TPSA) is 165 Å². The standard InChI is InChI=1S/C29H33N7O6/c1-30-29(39)25-23(14-24(35-36-25)34-27(37)17-6-7-17)33-22-5-3-4-21(26(22)40-2)28(38)32-19-10-8-18(9-11-19)31-15-20-16-41-12-13-42-20/h3-5,8-11,14,17,20,31H,6-7,12-13,15-16H2,1-2H3,(H,30,39)(H,32,38)(H2,33,34,35,37)/t20-/m0/s1. The molecule has 2 fully saturated rings. The predicted octanol–water partition coefficient (Wildman–Crippen LogP) is 3.02. The van der Waals surface area contributed by atoms with Gasteiger partial charge in [-0.15, -0.1) is 10.2 Å². The van der Waals surface area contributed by atoms with E-state index in [9.17, 15) is 14.4 Å². The fraction of sp³-hybridized carbons (Fsp3) is 0.345. The number of nitrogens with zero attached hydrogens (tertiary/aromatic N) is 2. The van der Waals surface area contributed by atoms with E-state index in [0.29, 0.717) is 37.7 Å². The zero-order valence-electron chi connectivity index (χ0n) is 23.4. The highest BCUT2D eigenvalue weighted by molar-refractivity contribution is 6.08. The van der Waals surface area contributed by atoms with Gasteiger partial charge in [0.2, 0.25) is 5.91 Å². The van der Waals surface area contributed by atoms with Gasteiger partial charge in [0.05, 0.1) is 50.0 Å². The molecule has 3 amide bonds. The number of ether oxygens (including phenoxy) is 3. The Bertz CT molecular complexity index is 1440. The highest BCUT2D eigenvalue weighted by Crippen LogP contribution is 2.34. The van der Waals surface area contributed by atoms with Crippen molar-refractivity contribution < 1.29 is 28.6 Å². The van der Waals surface area contributed by atoms with Crippen LogP contribution in [-0.2, 0) is 14.3 Å². The molecule has 1 saturated heterocycles. The molecule has 1 aliphatic heterocycles. The fourth-order valence-corrected chi connectivity index (χ4v) is 4.34. The van der Waals surface area contributed by atoms with Crippen LogP contribution in [0.2, 0.25) is 0 Å². The van der Waals surface area contributed by atoms with Gasteiger partial charge in [0.15, 0.2) is 17.3 Å². The van der Waals surface area contributed by atoms with Crippen LogP contribution >= 0.6 is 0 Å². The first-order valence-electron chi connectivity index (χ1n) is 13.6. The molecule has 0 unspecified atom stereocenters. The maximum Gasteiger partial charge on any atom is 0.273 e. The molecule has 1 aromatic heterocycles. The second kappa shape index (κ2) is 13.3. The number of carbonyl (C=O) groups is 3. The van der Waals surface area contributed by atoms with E-state index >= 15 is 0 Å². The summed E-state index contributed by atoms with van der Waals surface area (Å²) in [6.45, 7) is 2.38. The maximum atomic E-state index is 13.3. The third-order valence-corrected chi connectivity index (χ3v) is 6.73. The molecule has 42 heavy (non-hydrogen) atoms. The zero-order valence-corrected chi connectivity index (χ0v) is 23.4. The Labute approximate surface area is 242 Å². The number of hydrogen-bond donors (Lipinski definition) is 5. The smallest absolute Gasteiger partial charge is 0.273 e. The normalized spacial score (nSPS) is 16.2. The second-order valence-electron chi connectivity index (χ2n) is 9.83. The number of hydrogen-bond acceptors (Lipinski definition) is 10. The van der Waals surface area contributed by atoms with Crippen LogP contribution in [0.5, 0.6) is 5.75 Å². The van der Waals surface area contributed by atoms with Crippen molar-refractivity contribution in [3.8, 4) is 5.75 Å². The van der Waals surface area contributed by atoms with Crippen molar-refractivity contribution >= 4 is 46.3 Å². The van der Waals surface area contributed by atoms with Crippen LogP contribution in [0, 0.1) is 5.92 Å². The number of methoxy groups -OCH3 is 1. The Morgan fingerprint density at radius 3 is 2.43 bits per heavy atom. The van der Waals surface area contributed by atoms with Gasteiger partial charge >= 0.3 is 0 Å². The molecule has 2 aromatic carbocycles. The summed E-state index contributed by atoms with van der Waals surface area (Å²) in [5, 5.41) is 22.6. The largest absolute Gasteiger partial charge is 0.494 e. The molecule has 0 bridgehead atoms. The van der Waals surface area contributed by atoms with Gasteiger partial charge in [-0.3, -0.25) is 14.4 Å². The minimum atomic E-state index is -0.476. The summed E-state index contributed by atoms with van der Waals surface area (Å²) in [7, 11) is 2.93. The van der Waals surface area contributed by atoms with Crippen molar-refractivity contribution in [1.82, 2.24) is 15.5 Å². The van der Waals surface area contributed by atoms with E-state index in [0.717, 1.165) is 18.5 Å². The van der Waals surface area contributed by atoms with Crippen LogP contribution in [0.15, 0.2) is 48.5 Å². The summed E-state index contributed by atoms with van der Waals surface area (Å²) in [6.07, 6.45) is 1.66. The summed E-state index contributed by atoms with van der Waals surface area (Å²) in [6, 6.07) is 13.9. The van der Waals surface area contributed by atoms with Crippen molar-refractivity contribution in [1.29, 1.82) is 0 Å². The average Bonchev–Trinajstić information content (AvgIpc) is 3.87. The van der Waals surface area contributed by atoms with Crippen LogP contribution in [0.25, 0.3) is 0 Å². The van der Waals surface area contributed by atoms with E-state index in [1.807, 2.05) is 12.1 Å². The lowest BCUT2D eigenvalue weighted by Gasteiger charge is -2.23. The summed E-state index contributed by atoms with van der Waals surface area (Å²) >= 11 is 0. The van der Waals surface area contributed by atoms with Gasteiger partial charge in [0, 0.05) is 37.0 Å². The fourth-order valence-electron chi connectivity index (χ4n) is 4.34. The molecular formula is C29H33N7O6. The summed E-state index contributed by atoms with van der Waals surface area (Å²) in [5.41, 5.74) is 2.45. The minimum absolute atomic E-state index is 0.00470. The minimum Gasteiger partial charge on any atom is -0.494 e. The van der Waals surface area contributed by atoms with E-state index in [1.54, 1.807) is 30.3 Å². The van der Waals surface area contributed by atoms with E-state index in [1.165, 1.54) is 20.2 Å². The molecule has 5 N–H and O–H groups in total. The monoisotopic (exact) mass is 575 g/mol. The first-order valence-corrected chi connectivity index (χ1v) is 13.6. The Hall–Kier alpha value is -4.75. The third kappa shape index (κ3) is 7.11. The Morgan fingerprint density at radius 1 is 0.952 bits per heavy atom. The molecule has 2 aliphatic rings. The molecule has 1 atom stereocenters. The maximum absolute atomic E-state index is 13.3. The number of benzene rings is 2. The second-order valence-corrected chi connectivity index (χ2v) is 9.83. The molecule has 13 heteroatoms. The molecule has 3 aromatic rings. The summed E-state index contributed by atoms with van der Waals surface area (Å²) in [5.74, 6) is -0.582. The Kier molecular flexibility index (Phi) is 9.09. The molecular weight excluding hydrogens is 542 g/mol. The average molecular weight is 576 g/mol. The number of amides is 3. The first-order chi connectivity index (χ1) is 20.4. The van der Waals surface area contributed by atoms with Crippen LogP contribution in [0.3, 0.4) is 0 Å². The number of para-hydroxylation sites is 1. The zero-order chi connectivity index (χ0) is 29.5. The van der Waals surface area contributed by atoms with Gasteiger partial charge in [-0.25, -0.2) is 0 Å². The molecule has 0 spiro atoms. The molecule has 2 heterocycles. The SMILES string of the molecule is CNC(=O)c1nnc(NC(=O)C2CC2)cc1Nc1cccc(C(=O)Nc2ccc(NC[C@H]3COCCO3)cc2)c1OC. The van der Waals surface area contributed by atoms with Gasteiger partial charge in [0.1, 0.15) is 0 Å². The Morgan fingerprint density at radius 2 is 1.74 bits per heavy atom. The summed E-state index contributed by atoms with van der Waals surface area (Å²) < 4.78 is 16.7. The number of aromatic nitrogens is 2. The molecule has 220 valence electrons. The lowest BCUT2D eigenvalue weighted by Crippen LogP contribution is -2.34. The van der Waals surface area contributed by atoms with Crippen molar-refractivity contribution in [2.75, 3.05) is 61.8 Å². The van der Waals surface area contributed by atoms with Gasteiger partial charge < -0.3 is 40.8 Å². The van der Waals surface area contributed by atoms with E-state index in [2.05, 4.69) is 36.8 Å². The third-order valence-electron chi connectivity index (χ3n) is 6.73. The predicted molar refractivity (Wildman–Crippen MR) is 156 cm³/mol. The van der Waals surface area contributed by atoms with Crippen LogP contribution in [0.4, 0.5) is 28.6 Å². The number of anilines is 5. The number of carbonyl (C=O) groups excluding carboxylic acids is 3. The molecule has 1 aliphatic carbocycles. The molecule has 13 nitrogen and oxygen atoms in total. The highest BCUT2D eigenvalue weighted by Gasteiger charge is 2.30. The van der Waals surface area contributed by atoms with Crippen LogP contribution < -0.4 is 31.3 Å². The highest BCUT2D eigenvalue weighted by atomic mass is 16.6. The summed E-state index contributed by atoms with van der Waals surface area (Å²) in [4.78, 5) is 38.0. The first kappa shape index (κ1) is 28.8. The van der Waals surface area contributed by atoms with Gasteiger partial charge in [-0.1, -0.05) is 6.07 Å². The van der Waals surface area contributed by atoms with Crippen molar-refractivity contribution in [2.45, 2.75) is 18.9 Å². The lowest BCUT2D eigenvalue weighted by atomic mass is 10.1. The van der Waals surface area contributed by atoms with Gasteiger partial charge in [0.25, 0.3) is 11.8 Å². The van der Waals surface area contributed by atoms with E-state index < -0.39 is 5.91 Å². The van der Waals surface area contributed by atoms with Crippen LogP contribution in [-0.4, -0.2) is 74.5 Å². The van der Waals surface area contributed by atoms with Gasteiger partial charge in [-0.05, 0) is 49.2 Å². The quantitative estimate of drug-likeness (QED) is 0.230. The molecule has 0 radical (unpaired) electrons. The van der Waals surface area contributed by atoms with Gasteiger partial charge in [-0.2, -0.15) is 0 Å².